The predicted octanol–water partition coefficient (Wildman–Crippen LogP) is 0.910. The van der Waals surface area contributed by atoms with E-state index in [2.05, 4.69) is 15.0 Å². The molecule has 0 aliphatic rings. The van der Waals surface area contributed by atoms with Crippen LogP contribution in [-0.2, 0) is 9.53 Å². The number of aromatic nitrogens is 1. The summed E-state index contributed by atoms with van der Waals surface area (Å²) in [6.45, 7) is 5.28. The molecule has 0 fully saturated rings. The highest BCUT2D eigenvalue weighted by molar-refractivity contribution is 5.95. The van der Waals surface area contributed by atoms with Crippen LogP contribution in [0.25, 0.3) is 0 Å². The van der Waals surface area contributed by atoms with Gasteiger partial charge in [0, 0.05) is 0 Å². The zero-order chi connectivity index (χ0) is 13.0. The van der Waals surface area contributed by atoms with Crippen molar-refractivity contribution < 1.29 is 18.7 Å². The minimum atomic E-state index is -0.697. The SMILES string of the molecule is COC(=O)C(NC(=O)c1ocnc1C)C(C)C. The Labute approximate surface area is 99.4 Å². The lowest BCUT2D eigenvalue weighted by atomic mass is 10.0. The molecular weight excluding hydrogens is 224 g/mol. The highest BCUT2D eigenvalue weighted by atomic mass is 16.5. The fourth-order valence-corrected chi connectivity index (χ4v) is 1.35. The molecule has 94 valence electrons. The third-order valence-electron chi connectivity index (χ3n) is 2.36. The number of aryl methyl sites for hydroxylation is 1. The average molecular weight is 240 g/mol. The molecule has 0 aliphatic heterocycles. The largest absolute Gasteiger partial charge is 0.467 e. The second-order valence-corrected chi connectivity index (χ2v) is 3.99. The molecule has 1 rings (SSSR count). The predicted molar refractivity (Wildman–Crippen MR) is 59.3 cm³/mol. The number of nitrogens with one attached hydrogen (secondary N) is 1. The van der Waals surface area contributed by atoms with Gasteiger partial charge in [-0.15, -0.1) is 0 Å². The first-order chi connectivity index (χ1) is 7.97. The van der Waals surface area contributed by atoms with Crippen LogP contribution in [0.15, 0.2) is 10.8 Å². The molecule has 1 aromatic heterocycles. The number of oxazole rings is 1. The van der Waals surface area contributed by atoms with Gasteiger partial charge in [0.15, 0.2) is 6.39 Å². The summed E-state index contributed by atoms with van der Waals surface area (Å²) >= 11 is 0. The molecule has 1 unspecified atom stereocenters. The minimum absolute atomic E-state index is 0.0744. The van der Waals surface area contributed by atoms with Crippen molar-refractivity contribution in [3.05, 3.63) is 17.8 Å². The lowest BCUT2D eigenvalue weighted by Crippen LogP contribution is -2.45. The van der Waals surface area contributed by atoms with E-state index in [0.717, 1.165) is 0 Å². The van der Waals surface area contributed by atoms with E-state index in [1.807, 2.05) is 13.8 Å². The highest BCUT2D eigenvalue weighted by Crippen LogP contribution is 2.08. The van der Waals surface area contributed by atoms with E-state index in [4.69, 9.17) is 4.42 Å². The number of methoxy groups -OCH3 is 1. The van der Waals surface area contributed by atoms with Gasteiger partial charge in [-0.1, -0.05) is 13.8 Å². The second-order valence-electron chi connectivity index (χ2n) is 3.99. The van der Waals surface area contributed by atoms with Gasteiger partial charge in [-0.3, -0.25) is 4.79 Å². The molecule has 1 aromatic rings. The van der Waals surface area contributed by atoms with Crippen LogP contribution in [0.1, 0.15) is 30.1 Å². The third kappa shape index (κ3) is 3.05. The standard InChI is InChI=1S/C11H16N2O4/c1-6(2)8(11(15)16-4)13-10(14)9-7(3)12-5-17-9/h5-6,8H,1-4H3,(H,13,14). The number of nitrogens with zero attached hydrogens (tertiary/aromatic N) is 1. The molecule has 0 bridgehead atoms. The van der Waals surface area contributed by atoms with Crippen LogP contribution in [-0.4, -0.2) is 30.0 Å². The molecule has 6 heteroatoms. The molecule has 0 saturated heterocycles. The molecule has 6 nitrogen and oxygen atoms in total. The molecule has 0 spiro atoms. The Morgan fingerprint density at radius 1 is 1.47 bits per heavy atom. The van der Waals surface area contributed by atoms with Crippen LogP contribution in [0.4, 0.5) is 0 Å². The van der Waals surface area contributed by atoms with E-state index in [-0.39, 0.29) is 11.7 Å². The van der Waals surface area contributed by atoms with Crippen molar-refractivity contribution in [3.63, 3.8) is 0 Å². The maximum Gasteiger partial charge on any atom is 0.328 e. The van der Waals surface area contributed by atoms with E-state index in [1.165, 1.54) is 13.5 Å². The summed E-state index contributed by atoms with van der Waals surface area (Å²) in [7, 11) is 1.28. The lowest BCUT2D eigenvalue weighted by Gasteiger charge is -2.19. The van der Waals surface area contributed by atoms with Gasteiger partial charge in [-0.2, -0.15) is 0 Å². The van der Waals surface area contributed by atoms with Gasteiger partial charge in [0.1, 0.15) is 6.04 Å². The zero-order valence-electron chi connectivity index (χ0n) is 10.3. The monoisotopic (exact) mass is 240 g/mol. The Morgan fingerprint density at radius 2 is 2.12 bits per heavy atom. The number of carbonyl (C=O) groups excluding carboxylic acids is 2. The molecule has 1 heterocycles. The second kappa shape index (κ2) is 5.47. The third-order valence-corrected chi connectivity index (χ3v) is 2.36. The number of hydrogen-bond donors (Lipinski definition) is 1. The maximum absolute atomic E-state index is 11.8. The smallest absolute Gasteiger partial charge is 0.328 e. The number of esters is 1. The van der Waals surface area contributed by atoms with E-state index in [0.29, 0.717) is 5.69 Å². The highest BCUT2D eigenvalue weighted by Gasteiger charge is 2.27. The van der Waals surface area contributed by atoms with Crippen LogP contribution >= 0.6 is 0 Å². The zero-order valence-corrected chi connectivity index (χ0v) is 10.3. The van der Waals surface area contributed by atoms with Crippen LogP contribution in [0.3, 0.4) is 0 Å². The van der Waals surface area contributed by atoms with Gasteiger partial charge in [-0.05, 0) is 12.8 Å². The summed E-state index contributed by atoms with van der Waals surface area (Å²) in [5, 5.41) is 2.56. The van der Waals surface area contributed by atoms with Gasteiger partial charge < -0.3 is 14.5 Å². The van der Waals surface area contributed by atoms with Crippen LogP contribution in [0.2, 0.25) is 0 Å². The fourth-order valence-electron chi connectivity index (χ4n) is 1.35. The normalized spacial score (nSPS) is 12.3. The molecule has 0 radical (unpaired) electrons. The van der Waals surface area contributed by atoms with Crippen molar-refractivity contribution in [2.24, 2.45) is 5.92 Å². The van der Waals surface area contributed by atoms with Crippen LogP contribution in [0.5, 0.6) is 0 Å². The number of amides is 1. The Hall–Kier alpha value is -1.85. The molecule has 0 aliphatic carbocycles. The van der Waals surface area contributed by atoms with E-state index in [1.54, 1.807) is 6.92 Å². The van der Waals surface area contributed by atoms with E-state index in [9.17, 15) is 9.59 Å². The van der Waals surface area contributed by atoms with Gasteiger partial charge in [0.2, 0.25) is 5.76 Å². The molecule has 1 amide bonds. The lowest BCUT2D eigenvalue weighted by molar-refractivity contribution is -0.144. The average Bonchev–Trinajstić information content (AvgIpc) is 2.70. The van der Waals surface area contributed by atoms with Crippen molar-refractivity contribution in [1.82, 2.24) is 10.3 Å². The summed E-state index contributed by atoms with van der Waals surface area (Å²) in [5.41, 5.74) is 0.481. The molecule has 1 N–H and O–H groups in total. The van der Waals surface area contributed by atoms with Crippen molar-refractivity contribution in [3.8, 4) is 0 Å². The summed E-state index contributed by atoms with van der Waals surface area (Å²) in [5.74, 6) is -0.913. The van der Waals surface area contributed by atoms with Gasteiger partial charge in [0.25, 0.3) is 5.91 Å². The quantitative estimate of drug-likeness (QED) is 0.791. The molecule has 1 atom stereocenters. The summed E-state index contributed by atoms with van der Waals surface area (Å²) in [6.07, 6.45) is 1.19. The van der Waals surface area contributed by atoms with Gasteiger partial charge in [0.05, 0.1) is 12.8 Å². The Balaban J connectivity index is 2.78. The topological polar surface area (TPSA) is 81.4 Å². The van der Waals surface area contributed by atoms with Gasteiger partial charge >= 0.3 is 5.97 Å². The Bertz CT molecular complexity index is 411. The van der Waals surface area contributed by atoms with Crippen LogP contribution < -0.4 is 5.32 Å². The molecule has 0 saturated carbocycles. The molecule has 0 aromatic carbocycles. The van der Waals surface area contributed by atoms with Crippen molar-refractivity contribution in [2.75, 3.05) is 7.11 Å². The first-order valence-corrected chi connectivity index (χ1v) is 5.26. The number of rotatable bonds is 4. The Kier molecular flexibility index (Phi) is 4.25. The molecule has 17 heavy (non-hydrogen) atoms. The minimum Gasteiger partial charge on any atom is -0.467 e. The number of carbonyl (C=O) groups is 2. The first-order valence-electron chi connectivity index (χ1n) is 5.26. The molecular formula is C11H16N2O4. The Morgan fingerprint density at radius 3 is 2.53 bits per heavy atom. The fraction of sp³-hybridized carbons (Fsp3) is 0.545. The van der Waals surface area contributed by atoms with Crippen molar-refractivity contribution >= 4 is 11.9 Å². The number of hydrogen-bond acceptors (Lipinski definition) is 5. The summed E-state index contributed by atoms with van der Waals surface area (Å²) < 4.78 is 9.57. The van der Waals surface area contributed by atoms with E-state index >= 15 is 0 Å². The first kappa shape index (κ1) is 13.2. The maximum atomic E-state index is 11.8. The van der Waals surface area contributed by atoms with Crippen molar-refractivity contribution in [2.45, 2.75) is 26.8 Å². The number of ether oxygens (including phenoxy) is 1. The summed E-state index contributed by atoms with van der Waals surface area (Å²) in [4.78, 5) is 27.1. The van der Waals surface area contributed by atoms with Crippen LogP contribution in [0, 0.1) is 12.8 Å². The summed E-state index contributed by atoms with van der Waals surface area (Å²) in [6, 6.07) is -0.697. The van der Waals surface area contributed by atoms with Crippen molar-refractivity contribution in [1.29, 1.82) is 0 Å². The van der Waals surface area contributed by atoms with E-state index < -0.39 is 17.9 Å². The van der Waals surface area contributed by atoms with Gasteiger partial charge in [-0.25, -0.2) is 9.78 Å².